The molecule has 1 atom stereocenters. The first-order valence-corrected chi connectivity index (χ1v) is 6.52. The predicted octanol–water partition coefficient (Wildman–Crippen LogP) is 1.55. The molecule has 0 radical (unpaired) electrons. The number of nitrogens with zero attached hydrogens (tertiary/aromatic N) is 3. The lowest BCUT2D eigenvalue weighted by molar-refractivity contribution is -0.168. The van der Waals surface area contributed by atoms with Crippen molar-refractivity contribution in [1.82, 2.24) is 20.1 Å². The maximum Gasteiger partial charge on any atom is 0.330 e. The summed E-state index contributed by atoms with van der Waals surface area (Å²) < 4.78 is 55.0. The first kappa shape index (κ1) is 18.3. The number of alkyl halides is 4. The Balaban J connectivity index is 2.54. The summed E-state index contributed by atoms with van der Waals surface area (Å²) in [6.45, 7) is 1.38. The summed E-state index contributed by atoms with van der Waals surface area (Å²) in [5, 5.41) is 6.44. The van der Waals surface area contributed by atoms with Gasteiger partial charge in [-0.25, -0.2) is 13.8 Å². The molecule has 0 bridgehead atoms. The molecule has 10 heteroatoms. The summed E-state index contributed by atoms with van der Waals surface area (Å²) in [5.74, 6) is -4.54. The maximum absolute atomic E-state index is 12.6. The van der Waals surface area contributed by atoms with Crippen molar-refractivity contribution in [2.24, 2.45) is 13.0 Å². The monoisotopic (exact) mass is 326 g/mol. The van der Waals surface area contributed by atoms with E-state index in [1.807, 2.05) is 13.8 Å². The maximum atomic E-state index is 12.6. The molecule has 126 valence electrons. The van der Waals surface area contributed by atoms with Crippen LogP contribution in [0.25, 0.3) is 0 Å². The molecule has 1 amide bonds. The van der Waals surface area contributed by atoms with E-state index in [4.69, 9.17) is 0 Å². The van der Waals surface area contributed by atoms with Gasteiger partial charge in [0.2, 0.25) is 5.91 Å². The van der Waals surface area contributed by atoms with Crippen molar-refractivity contribution in [2.45, 2.75) is 32.2 Å². The summed E-state index contributed by atoms with van der Waals surface area (Å²) in [4.78, 5) is 15.7. The Labute approximate surface area is 124 Å². The lowest BCUT2D eigenvalue weighted by Gasteiger charge is -2.21. The molecule has 22 heavy (non-hydrogen) atoms. The summed E-state index contributed by atoms with van der Waals surface area (Å²) in [5.41, 5.74) is 0. The van der Waals surface area contributed by atoms with Crippen LogP contribution >= 0.6 is 0 Å². The fourth-order valence-corrected chi connectivity index (χ4v) is 1.67. The number of hydrogen-bond acceptors (Lipinski definition) is 4. The highest BCUT2D eigenvalue weighted by Crippen LogP contribution is 2.23. The van der Waals surface area contributed by atoms with Gasteiger partial charge in [0.1, 0.15) is 25.4 Å². The van der Waals surface area contributed by atoms with Crippen molar-refractivity contribution in [2.75, 3.05) is 13.2 Å². The number of aryl methyl sites for hydroxylation is 1. The van der Waals surface area contributed by atoms with E-state index in [0.717, 1.165) is 0 Å². The molecule has 0 aromatic carbocycles. The second kappa shape index (κ2) is 7.52. The van der Waals surface area contributed by atoms with E-state index in [1.165, 1.54) is 11.0 Å². The Kier molecular flexibility index (Phi) is 6.27. The molecule has 1 aromatic rings. The van der Waals surface area contributed by atoms with Crippen LogP contribution in [0.3, 0.4) is 0 Å². The molecule has 1 unspecified atom stereocenters. The van der Waals surface area contributed by atoms with Gasteiger partial charge in [-0.3, -0.25) is 9.48 Å². The third-order valence-corrected chi connectivity index (χ3v) is 2.85. The number of nitrogens with one attached hydrogen (secondary N) is 1. The number of aromatic nitrogens is 3. The first-order chi connectivity index (χ1) is 10.1. The molecule has 0 spiro atoms. The van der Waals surface area contributed by atoms with Crippen LogP contribution in [-0.2, 0) is 16.6 Å². The van der Waals surface area contributed by atoms with E-state index in [-0.39, 0.29) is 5.92 Å². The van der Waals surface area contributed by atoms with E-state index >= 15 is 0 Å². The SMILES string of the molecule is CC(C)C(NC(=O)COCC(F)(F)C(F)F)c1ncnn1C. The van der Waals surface area contributed by atoms with Gasteiger partial charge in [-0.15, -0.1) is 0 Å². The Morgan fingerprint density at radius 3 is 2.55 bits per heavy atom. The highest BCUT2D eigenvalue weighted by Gasteiger charge is 2.41. The van der Waals surface area contributed by atoms with Crippen LogP contribution in [0.5, 0.6) is 0 Å². The molecular formula is C12H18F4N4O2. The molecule has 1 rings (SSSR count). The van der Waals surface area contributed by atoms with E-state index < -0.39 is 37.5 Å². The standard InChI is InChI=1S/C12H18F4N4O2/c1-7(2)9(10-17-6-18-20(10)3)19-8(21)4-22-5-12(15,16)11(13)14/h6-7,9,11H,4-5H2,1-3H3,(H,19,21). The zero-order valence-electron chi connectivity index (χ0n) is 12.4. The molecule has 1 N–H and O–H groups in total. The number of amides is 1. The van der Waals surface area contributed by atoms with Crippen molar-refractivity contribution in [3.8, 4) is 0 Å². The molecule has 0 aliphatic rings. The Morgan fingerprint density at radius 1 is 1.45 bits per heavy atom. The van der Waals surface area contributed by atoms with Gasteiger partial charge in [-0.1, -0.05) is 13.8 Å². The van der Waals surface area contributed by atoms with Crippen LogP contribution in [0.2, 0.25) is 0 Å². The molecular weight excluding hydrogens is 308 g/mol. The zero-order chi connectivity index (χ0) is 16.9. The van der Waals surface area contributed by atoms with Crippen molar-refractivity contribution in [3.63, 3.8) is 0 Å². The van der Waals surface area contributed by atoms with E-state index in [2.05, 4.69) is 20.1 Å². The molecule has 0 aliphatic carbocycles. The molecule has 0 aliphatic heterocycles. The van der Waals surface area contributed by atoms with E-state index in [1.54, 1.807) is 7.05 Å². The molecule has 1 aromatic heterocycles. The van der Waals surface area contributed by atoms with E-state index in [9.17, 15) is 22.4 Å². The number of rotatable bonds is 8. The lowest BCUT2D eigenvalue weighted by Crippen LogP contribution is -2.38. The Morgan fingerprint density at radius 2 is 2.09 bits per heavy atom. The fourth-order valence-electron chi connectivity index (χ4n) is 1.67. The minimum Gasteiger partial charge on any atom is -0.365 e. The normalized spacial score (nSPS) is 13.7. The Hall–Kier alpha value is -1.71. The van der Waals surface area contributed by atoms with Gasteiger partial charge in [0.15, 0.2) is 0 Å². The fraction of sp³-hybridized carbons (Fsp3) is 0.750. The smallest absolute Gasteiger partial charge is 0.330 e. The Bertz CT molecular complexity index is 493. The van der Waals surface area contributed by atoms with Crippen molar-refractivity contribution < 1.29 is 27.1 Å². The van der Waals surface area contributed by atoms with Crippen molar-refractivity contribution in [1.29, 1.82) is 0 Å². The van der Waals surface area contributed by atoms with Crippen LogP contribution in [0.4, 0.5) is 17.6 Å². The summed E-state index contributed by atoms with van der Waals surface area (Å²) in [6.07, 6.45) is -2.52. The molecule has 0 fully saturated rings. The second-order valence-electron chi connectivity index (χ2n) is 5.09. The second-order valence-corrected chi connectivity index (χ2v) is 5.09. The molecule has 1 heterocycles. The predicted molar refractivity (Wildman–Crippen MR) is 68.5 cm³/mol. The van der Waals surface area contributed by atoms with Crippen LogP contribution in [0.1, 0.15) is 25.7 Å². The van der Waals surface area contributed by atoms with Gasteiger partial charge in [-0.2, -0.15) is 13.9 Å². The number of carbonyl (C=O) groups is 1. The summed E-state index contributed by atoms with van der Waals surface area (Å²) in [7, 11) is 1.64. The number of carbonyl (C=O) groups excluding carboxylic acids is 1. The third-order valence-electron chi connectivity index (χ3n) is 2.85. The molecule has 6 nitrogen and oxygen atoms in total. The van der Waals surface area contributed by atoms with Gasteiger partial charge in [-0.05, 0) is 5.92 Å². The van der Waals surface area contributed by atoms with Crippen LogP contribution in [0.15, 0.2) is 6.33 Å². The zero-order valence-corrected chi connectivity index (χ0v) is 12.4. The minimum absolute atomic E-state index is 0.0469. The third kappa shape index (κ3) is 4.93. The van der Waals surface area contributed by atoms with Gasteiger partial charge in [0.25, 0.3) is 0 Å². The van der Waals surface area contributed by atoms with Crippen LogP contribution < -0.4 is 5.32 Å². The lowest BCUT2D eigenvalue weighted by atomic mass is 10.0. The first-order valence-electron chi connectivity index (χ1n) is 6.52. The number of halogens is 4. The van der Waals surface area contributed by atoms with Gasteiger partial charge in [0.05, 0.1) is 6.04 Å². The van der Waals surface area contributed by atoms with Gasteiger partial charge < -0.3 is 10.1 Å². The average molecular weight is 326 g/mol. The summed E-state index contributed by atoms with van der Waals surface area (Å²) >= 11 is 0. The van der Waals surface area contributed by atoms with E-state index in [0.29, 0.717) is 5.82 Å². The topological polar surface area (TPSA) is 69.0 Å². The summed E-state index contributed by atoms with van der Waals surface area (Å²) in [6, 6.07) is -0.501. The number of hydrogen-bond donors (Lipinski definition) is 1. The van der Waals surface area contributed by atoms with Gasteiger partial charge >= 0.3 is 12.3 Å². The number of ether oxygens (including phenoxy) is 1. The largest absolute Gasteiger partial charge is 0.365 e. The van der Waals surface area contributed by atoms with Crippen LogP contribution in [-0.4, -0.2) is 46.2 Å². The minimum atomic E-state index is -4.28. The van der Waals surface area contributed by atoms with Gasteiger partial charge in [0, 0.05) is 7.05 Å². The highest BCUT2D eigenvalue weighted by molar-refractivity contribution is 5.77. The molecule has 0 saturated heterocycles. The average Bonchev–Trinajstić information content (AvgIpc) is 2.81. The van der Waals surface area contributed by atoms with Crippen LogP contribution in [0, 0.1) is 5.92 Å². The van der Waals surface area contributed by atoms with Crippen molar-refractivity contribution >= 4 is 5.91 Å². The highest BCUT2D eigenvalue weighted by atomic mass is 19.3. The molecule has 0 saturated carbocycles. The quantitative estimate of drug-likeness (QED) is 0.736. The van der Waals surface area contributed by atoms with Crippen molar-refractivity contribution in [3.05, 3.63) is 12.2 Å².